The number of carbonyl (C=O) groups is 2. The second kappa shape index (κ2) is 7.23. The number of nitrogens with one attached hydrogen (secondary N) is 1. The van der Waals surface area contributed by atoms with Crippen LogP contribution in [0.3, 0.4) is 0 Å². The first-order valence-corrected chi connectivity index (χ1v) is 6.90. The first kappa shape index (κ1) is 16.9. The first-order valence-electron chi connectivity index (χ1n) is 6.90. The van der Waals surface area contributed by atoms with Crippen molar-refractivity contribution in [3.63, 3.8) is 0 Å². The Hall–Kier alpha value is -3.42. The van der Waals surface area contributed by atoms with Crippen LogP contribution in [0.4, 0.5) is 16.2 Å². The number of nitro groups is 1. The van der Waals surface area contributed by atoms with Gasteiger partial charge in [-0.15, -0.1) is 0 Å². The van der Waals surface area contributed by atoms with E-state index in [0.29, 0.717) is 11.3 Å². The average Bonchev–Trinajstić information content (AvgIpc) is 2.49. The van der Waals surface area contributed by atoms with Crippen molar-refractivity contribution < 1.29 is 24.4 Å². The molecule has 2 N–H and O–H groups in total. The van der Waals surface area contributed by atoms with Crippen molar-refractivity contribution in [2.24, 2.45) is 0 Å². The van der Waals surface area contributed by atoms with Crippen LogP contribution in [0.2, 0.25) is 0 Å². The fourth-order valence-corrected chi connectivity index (χ4v) is 2.14. The predicted octanol–water partition coefficient (Wildman–Crippen LogP) is 3.20. The topological polar surface area (TPSA) is 119 Å². The molecule has 0 saturated heterocycles. The van der Waals surface area contributed by atoms with Crippen LogP contribution in [0, 0.1) is 10.1 Å². The van der Waals surface area contributed by atoms with Crippen molar-refractivity contribution in [3.8, 4) is 5.75 Å². The van der Waals surface area contributed by atoms with Crippen molar-refractivity contribution in [1.29, 1.82) is 0 Å². The van der Waals surface area contributed by atoms with Crippen molar-refractivity contribution in [2.75, 3.05) is 5.32 Å². The van der Waals surface area contributed by atoms with Gasteiger partial charge in [-0.1, -0.05) is 12.1 Å². The Morgan fingerprint density at radius 1 is 1.21 bits per heavy atom. The van der Waals surface area contributed by atoms with Gasteiger partial charge in [0.15, 0.2) is 0 Å². The van der Waals surface area contributed by atoms with E-state index < -0.39 is 11.1 Å². The molecule has 1 amide bonds. The van der Waals surface area contributed by atoms with E-state index in [-0.39, 0.29) is 23.8 Å². The molecule has 0 fully saturated rings. The second-order valence-corrected chi connectivity index (χ2v) is 4.97. The lowest BCUT2D eigenvalue weighted by Crippen LogP contribution is -2.07. The average molecular weight is 330 g/mol. The summed E-state index contributed by atoms with van der Waals surface area (Å²) in [7, 11) is 0. The van der Waals surface area contributed by atoms with E-state index in [4.69, 9.17) is 5.11 Å². The Labute approximate surface area is 136 Å². The molecule has 0 aliphatic heterocycles. The summed E-state index contributed by atoms with van der Waals surface area (Å²) in [5, 5.41) is 22.3. The van der Waals surface area contributed by atoms with Crippen molar-refractivity contribution in [1.82, 2.24) is 0 Å². The molecule has 0 aliphatic carbocycles. The van der Waals surface area contributed by atoms with Gasteiger partial charge in [0.05, 0.1) is 4.92 Å². The third-order valence-electron chi connectivity index (χ3n) is 3.12. The number of hydrogen-bond acceptors (Lipinski definition) is 5. The molecule has 0 aromatic heterocycles. The smallest absolute Gasteiger partial charge is 0.449 e. The first-order chi connectivity index (χ1) is 11.3. The lowest BCUT2D eigenvalue weighted by molar-refractivity contribution is -0.384. The van der Waals surface area contributed by atoms with E-state index in [0.717, 1.165) is 5.56 Å². The molecule has 8 nitrogen and oxygen atoms in total. The number of hydrogen-bond donors (Lipinski definition) is 2. The Morgan fingerprint density at radius 3 is 2.42 bits per heavy atom. The van der Waals surface area contributed by atoms with E-state index in [9.17, 15) is 19.7 Å². The number of amides is 1. The number of ether oxygens (including phenoxy) is 1. The van der Waals surface area contributed by atoms with Gasteiger partial charge in [-0.2, -0.15) is 0 Å². The van der Waals surface area contributed by atoms with Gasteiger partial charge in [-0.05, 0) is 23.8 Å². The van der Waals surface area contributed by atoms with Gasteiger partial charge < -0.3 is 15.2 Å². The summed E-state index contributed by atoms with van der Waals surface area (Å²) < 4.78 is 4.67. The zero-order valence-corrected chi connectivity index (χ0v) is 12.7. The van der Waals surface area contributed by atoms with Crippen LogP contribution in [0.15, 0.2) is 42.5 Å². The third kappa shape index (κ3) is 4.54. The minimum absolute atomic E-state index is 0.0408. The van der Waals surface area contributed by atoms with E-state index in [1.54, 1.807) is 24.3 Å². The van der Waals surface area contributed by atoms with Crippen molar-refractivity contribution in [3.05, 3.63) is 63.7 Å². The van der Waals surface area contributed by atoms with Crippen LogP contribution >= 0.6 is 0 Å². The van der Waals surface area contributed by atoms with Crippen LogP contribution in [-0.2, 0) is 11.2 Å². The third-order valence-corrected chi connectivity index (χ3v) is 3.12. The molecule has 0 bridgehead atoms. The highest BCUT2D eigenvalue weighted by Gasteiger charge is 2.14. The fourth-order valence-electron chi connectivity index (χ4n) is 2.14. The molecule has 0 radical (unpaired) electrons. The van der Waals surface area contributed by atoms with Gasteiger partial charge in [-0.25, -0.2) is 4.79 Å². The molecule has 24 heavy (non-hydrogen) atoms. The second-order valence-electron chi connectivity index (χ2n) is 4.97. The maximum atomic E-state index is 11.0. The van der Waals surface area contributed by atoms with Crippen molar-refractivity contribution in [2.45, 2.75) is 13.3 Å². The van der Waals surface area contributed by atoms with Crippen LogP contribution < -0.4 is 10.1 Å². The summed E-state index contributed by atoms with van der Waals surface area (Å²) >= 11 is 0. The molecule has 124 valence electrons. The quantitative estimate of drug-likeness (QED) is 0.376. The van der Waals surface area contributed by atoms with E-state index in [1.807, 2.05) is 0 Å². The van der Waals surface area contributed by atoms with E-state index >= 15 is 0 Å². The molecular weight excluding hydrogens is 316 g/mol. The number of benzene rings is 2. The van der Waals surface area contributed by atoms with Crippen LogP contribution in [0.25, 0.3) is 0 Å². The molecule has 2 aromatic rings. The fraction of sp³-hybridized carbons (Fsp3) is 0.125. The summed E-state index contributed by atoms with van der Waals surface area (Å²) in [6.45, 7) is 1.40. The highest BCUT2D eigenvalue weighted by atomic mass is 16.7. The number of nitro benzene ring substituents is 1. The minimum Gasteiger partial charge on any atom is -0.449 e. The maximum absolute atomic E-state index is 11.0. The number of anilines is 1. The van der Waals surface area contributed by atoms with Crippen LogP contribution in [0.5, 0.6) is 5.75 Å². The van der Waals surface area contributed by atoms with E-state index in [1.165, 1.54) is 25.1 Å². The van der Waals surface area contributed by atoms with Crippen LogP contribution in [0.1, 0.15) is 18.1 Å². The summed E-state index contributed by atoms with van der Waals surface area (Å²) in [6, 6.07) is 10.6. The molecule has 2 rings (SSSR count). The standard InChI is InChI=1S/C16H14N2O6/c1-10(19)17-13-4-2-11(3-5-13)8-12-9-14(18(22)23)6-7-15(12)24-16(20)21/h2-7,9H,8H2,1H3,(H,17,19)(H,20,21). The number of carbonyl (C=O) groups excluding carboxylic acids is 1. The summed E-state index contributed by atoms with van der Waals surface area (Å²) in [5.41, 5.74) is 1.61. The number of carboxylic acid groups (broad SMARTS) is 1. The summed E-state index contributed by atoms with van der Waals surface area (Å²) in [5.74, 6) is -0.155. The number of nitrogens with zero attached hydrogens (tertiary/aromatic N) is 1. The lowest BCUT2D eigenvalue weighted by atomic mass is 10.0. The monoisotopic (exact) mass is 330 g/mol. The van der Waals surface area contributed by atoms with Gasteiger partial charge in [0.25, 0.3) is 5.69 Å². The molecular formula is C16H14N2O6. The predicted molar refractivity (Wildman–Crippen MR) is 85.3 cm³/mol. The Balaban J connectivity index is 2.28. The Bertz CT molecular complexity index is 786. The SMILES string of the molecule is CC(=O)Nc1ccc(Cc2cc([N+](=O)[O-])ccc2OC(=O)O)cc1. The highest BCUT2D eigenvalue weighted by Crippen LogP contribution is 2.27. The number of rotatable bonds is 5. The molecule has 0 atom stereocenters. The minimum atomic E-state index is -1.49. The largest absolute Gasteiger partial charge is 0.511 e. The van der Waals surface area contributed by atoms with Crippen molar-refractivity contribution >= 4 is 23.4 Å². The molecule has 0 heterocycles. The molecule has 2 aromatic carbocycles. The lowest BCUT2D eigenvalue weighted by Gasteiger charge is -2.09. The van der Waals surface area contributed by atoms with Gasteiger partial charge >= 0.3 is 6.16 Å². The highest BCUT2D eigenvalue weighted by molar-refractivity contribution is 5.88. The summed E-state index contributed by atoms with van der Waals surface area (Å²) in [4.78, 5) is 32.1. The van der Waals surface area contributed by atoms with Gasteiger partial charge in [0.2, 0.25) is 5.91 Å². The van der Waals surface area contributed by atoms with Gasteiger partial charge in [-0.3, -0.25) is 14.9 Å². The Kier molecular flexibility index (Phi) is 5.10. The molecule has 8 heteroatoms. The van der Waals surface area contributed by atoms with Gasteiger partial charge in [0.1, 0.15) is 5.75 Å². The molecule has 0 unspecified atom stereocenters. The maximum Gasteiger partial charge on any atom is 0.511 e. The zero-order valence-electron chi connectivity index (χ0n) is 12.7. The van der Waals surface area contributed by atoms with Gasteiger partial charge in [0, 0.05) is 36.7 Å². The molecule has 0 aliphatic rings. The normalized spacial score (nSPS) is 10.0. The molecule has 0 spiro atoms. The van der Waals surface area contributed by atoms with E-state index in [2.05, 4.69) is 10.1 Å². The van der Waals surface area contributed by atoms with Crippen LogP contribution in [-0.4, -0.2) is 22.1 Å². The summed E-state index contributed by atoms with van der Waals surface area (Å²) in [6.07, 6.45) is -1.25. The Morgan fingerprint density at radius 2 is 1.88 bits per heavy atom. The molecule has 0 saturated carbocycles. The number of non-ortho nitro benzene ring substituents is 1. The zero-order chi connectivity index (χ0) is 17.7.